The molecule has 0 saturated carbocycles. The Balaban J connectivity index is 2.31. The Bertz CT molecular complexity index is 466. The second kappa shape index (κ2) is 4.74. The Morgan fingerprint density at radius 1 is 1.44 bits per heavy atom. The lowest BCUT2D eigenvalue weighted by Crippen LogP contribution is -2.42. The van der Waals surface area contributed by atoms with Crippen molar-refractivity contribution in [3.05, 3.63) is 33.3 Å². The highest BCUT2D eigenvalue weighted by Crippen LogP contribution is 2.37. The number of aliphatic hydroxyl groups is 1. The third-order valence-electron chi connectivity index (χ3n) is 3.32. The lowest BCUT2D eigenvalue weighted by Gasteiger charge is -2.37. The van der Waals surface area contributed by atoms with Crippen molar-refractivity contribution in [2.75, 3.05) is 18.0 Å². The molecule has 1 saturated heterocycles. The van der Waals surface area contributed by atoms with Crippen LogP contribution in [0.25, 0.3) is 0 Å². The number of nitro groups is 1. The van der Waals surface area contributed by atoms with E-state index in [0.29, 0.717) is 36.6 Å². The zero-order valence-corrected chi connectivity index (χ0v) is 10.9. The Hall–Kier alpha value is -1.33. The second-order valence-corrected chi connectivity index (χ2v) is 5.26. The summed E-state index contributed by atoms with van der Waals surface area (Å²) in [5.41, 5.74) is -0.212. The van der Waals surface area contributed by atoms with E-state index in [1.165, 1.54) is 6.07 Å². The molecule has 1 aliphatic rings. The van der Waals surface area contributed by atoms with E-state index >= 15 is 0 Å². The number of benzene rings is 1. The molecule has 18 heavy (non-hydrogen) atoms. The molecule has 0 aliphatic carbocycles. The molecule has 0 aromatic heterocycles. The van der Waals surface area contributed by atoms with E-state index in [0.717, 1.165) is 0 Å². The van der Waals surface area contributed by atoms with Gasteiger partial charge in [-0.1, -0.05) is 17.7 Å². The van der Waals surface area contributed by atoms with Crippen LogP contribution in [0.1, 0.15) is 19.8 Å². The largest absolute Gasteiger partial charge is 0.390 e. The minimum atomic E-state index is -0.688. The molecule has 1 aromatic rings. The number of nitrogens with zero attached hydrogens (tertiary/aromatic N) is 2. The Morgan fingerprint density at radius 3 is 2.61 bits per heavy atom. The summed E-state index contributed by atoms with van der Waals surface area (Å²) in [5.74, 6) is 0. The maximum Gasteiger partial charge on any atom is 0.294 e. The number of hydrogen-bond acceptors (Lipinski definition) is 4. The minimum absolute atomic E-state index is 0.0176. The average molecular weight is 271 g/mol. The maximum atomic E-state index is 11.0. The van der Waals surface area contributed by atoms with Crippen molar-refractivity contribution in [3.63, 3.8) is 0 Å². The number of rotatable bonds is 2. The number of halogens is 1. The van der Waals surface area contributed by atoms with Crippen molar-refractivity contribution < 1.29 is 10.0 Å². The highest BCUT2D eigenvalue weighted by atomic mass is 35.5. The quantitative estimate of drug-likeness (QED) is 0.663. The van der Waals surface area contributed by atoms with Crippen LogP contribution in [0.5, 0.6) is 0 Å². The molecule has 1 fully saturated rings. The van der Waals surface area contributed by atoms with Crippen molar-refractivity contribution in [3.8, 4) is 0 Å². The van der Waals surface area contributed by atoms with Crippen LogP contribution in [0.3, 0.4) is 0 Å². The van der Waals surface area contributed by atoms with Gasteiger partial charge < -0.3 is 10.0 Å². The van der Waals surface area contributed by atoms with Crippen LogP contribution < -0.4 is 4.90 Å². The van der Waals surface area contributed by atoms with E-state index in [4.69, 9.17) is 11.6 Å². The normalized spacial score (nSPS) is 18.7. The molecule has 0 amide bonds. The molecule has 6 heteroatoms. The number of hydrogen-bond donors (Lipinski definition) is 1. The van der Waals surface area contributed by atoms with Gasteiger partial charge in [0, 0.05) is 19.2 Å². The lowest BCUT2D eigenvalue weighted by molar-refractivity contribution is -0.384. The monoisotopic (exact) mass is 270 g/mol. The Morgan fingerprint density at radius 2 is 2.06 bits per heavy atom. The summed E-state index contributed by atoms with van der Waals surface area (Å²) in [4.78, 5) is 12.5. The van der Waals surface area contributed by atoms with Crippen molar-refractivity contribution in [1.29, 1.82) is 0 Å². The smallest absolute Gasteiger partial charge is 0.294 e. The molecule has 0 bridgehead atoms. The van der Waals surface area contributed by atoms with Crippen LogP contribution in [0.15, 0.2) is 18.2 Å². The summed E-state index contributed by atoms with van der Waals surface area (Å²) in [7, 11) is 0. The van der Waals surface area contributed by atoms with Gasteiger partial charge in [0.2, 0.25) is 0 Å². The first kappa shape index (κ1) is 13.1. The standard InChI is InChI=1S/C12H15ClN2O3/c1-12(16)5-7-14(8-6-12)11-9(13)3-2-4-10(11)15(17)18/h2-4,16H,5-8H2,1H3. The van der Waals surface area contributed by atoms with E-state index in [2.05, 4.69) is 0 Å². The van der Waals surface area contributed by atoms with Crippen LogP contribution in [0.2, 0.25) is 5.02 Å². The third-order valence-corrected chi connectivity index (χ3v) is 3.62. The van der Waals surface area contributed by atoms with Crippen molar-refractivity contribution in [2.45, 2.75) is 25.4 Å². The van der Waals surface area contributed by atoms with E-state index in [-0.39, 0.29) is 5.69 Å². The summed E-state index contributed by atoms with van der Waals surface area (Å²) in [5, 5.41) is 21.3. The fourth-order valence-corrected chi connectivity index (χ4v) is 2.47. The Labute approximate surface area is 110 Å². The molecule has 0 radical (unpaired) electrons. The van der Waals surface area contributed by atoms with Gasteiger partial charge in [0.05, 0.1) is 15.5 Å². The van der Waals surface area contributed by atoms with Crippen molar-refractivity contribution in [1.82, 2.24) is 0 Å². The molecular weight excluding hydrogens is 256 g/mol. The molecule has 5 nitrogen and oxygen atoms in total. The fraction of sp³-hybridized carbons (Fsp3) is 0.500. The predicted octanol–water partition coefficient (Wildman–Crippen LogP) is 2.60. The number of nitro benzene ring substituents is 1. The molecule has 1 heterocycles. The first-order chi connectivity index (χ1) is 8.41. The van der Waals surface area contributed by atoms with Gasteiger partial charge in [-0.05, 0) is 25.8 Å². The number of para-hydroxylation sites is 1. The first-order valence-electron chi connectivity index (χ1n) is 5.81. The zero-order chi connectivity index (χ0) is 13.3. The summed E-state index contributed by atoms with van der Waals surface area (Å²) >= 11 is 6.07. The summed E-state index contributed by atoms with van der Waals surface area (Å²) in [6.45, 7) is 2.92. The maximum absolute atomic E-state index is 11.0. The summed E-state index contributed by atoms with van der Waals surface area (Å²) < 4.78 is 0. The first-order valence-corrected chi connectivity index (χ1v) is 6.19. The van der Waals surface area contributed by atoms with E-state index in [9.17, 15) is 15.2 Å². The van der Waals surface area contributed by atoms with Gasteiger partial charge in [0.1, 0.15) is 5.69 Å². The Kier molecular flexibility index (Phi) is 3.45. The SMILES string of the molecule is CC1(O)CCN(c2c(Cl)cccc2[N+](=O)[O-])CC1. The molecule has 0 spiro atoms. The molecule has 98 valence electrons. The van der Waals surface area contributed by atoms with Gasteiger partial charge in [-0.15, -0.1) is 0 Å². The van der Waals surface area contributed by atoms with Crippen LogP contribution in [0.4, 0.5) is 11.4 Å². The highest BCUT2D eigenvalue weighted by Gasteiger charge is 2.31. The average Bonchev–Trinajstić information content (AvgIpc) is 2.29. The molecule has 1 N–H and O–H groups in total. The molecule has 0 unspecified atom stereocenters. The second-order valence-electron chi connectivity index (χ2n) is 4.85. The third kappa shape index (κ3) is 2.57. The summed E-state index contributed by atoms with van der Waals surface area (Å²) in [6.07, 6.45) is 1.16. The molecule has 0 atom stereocenters. The molecule has 1 aliphatic heterocycles. The fourth-order valence-electron chi connectivity index (χ4n) is 2.18. The number of anilines is 1. The van der Waals surface area contributed by atoms with Gasteiger partial charge in [-0.25, -0.2) is 0 Å². The number of piperidine rings is 1. The van der Waals surface area contributed by atoms with Gasteiger partial charge in [-0.2, -0.15) is 0 Å². The minimum Gasteiger partial charge on any atom is -0.390 e. The highest BCUT2D eigenvalue weighted by molar-refractivity contribution is 6.33. The van der Waals surface area contributed by atoms with Crippen LogP contribution in [0, 0.1) is 10.1 Å². The van der Waals surface area contributed by atoms with Crippen LogP contribution in [-0.2, 0) is 0 Å². The van der Waals surface area contributed by atoms with E-state index in [1.54, 1.807) is 19.1 Å². The summed E-state index contributed by atoms with van der Waals surface area (Å²) in [6, 6.07) is 4.68. The topological polar surface area (TPSA) is 66.6 Å². The van der Waals surface area contributed by atoms with Gasteiger partial charge in [0.15, 0.2) is 0 Å². The molecular formula is C12H15ClN2O3. The van der Waals surface area contributed by atoms with Crippen molar-refractivity contribution in [2.24, 2.45) is 0 Å². The lowest BCUT2D eigenvalue weighted by atomic mass is 9.93. The van der Waals surface area contributed by atoms with E-state index in [1.807, 2.05) is 4.90 Å². The molecule has 2 rings (SSSR count). The zero-order valence-electron chi connectivity index (χ0n) is 10.1. The van der Waals surface area contributed by atoms with Gasteiger partial charge >= 0.3 is 0 Å². The van der Waals surface area contributed by atoms with Gasteiger partial charge in [-0.3, -0.25) is 10.1 Å². The van der Waals surface area contributed by atoms with Crippen LogP contribution in [-0.4, -0.2) is 28.7 Å². The predicted molar refractivity (Wildman–Crippen MR) is 70.2 cm³/mol. The molecule has 1 aromatic carbocycles. The van der Waals surface area contributed by atoms with Crippen LogP contribution >= 0.6 is 11.6 Å². The van der Waals surface area contributed by atoms with Gasteiger partial charge in [0.25, 0.3) is 5.69 Å². The van der Waals surface area contributed by atoms with Crippen molar-refractivity contribution >= 4 is 23.0 Å². The van der Waals surface area contributed by atoms with E-state index < -0.39 is 10.5 Å².